The smallest absolute Gasteiger partial charge is 0.161 e. The van der Waals surface area contributed by atoms with Gasteiger partial charge in [0.2, 0.25) is 0 Å². The van der Waals surface area contributed by atoms with Crippen molar-refractivity contribution in [2.75, 3.05) is 6.61 Å². The van der Waals surface area contributed by atoms with Crippen molar-refractivity contribution in [3.63, 3.8) is 0 Å². The number of nitrogens with two attached hydrogens (primary N) is 1. The zero-order valence-electron chi connectivity index (χ0n) is 6.60. The molecule has 5 heteroatoms. The van der Waals surface area contributed by atoms with Crippen LogP contribution in [-0.2, 0) is 0 Å². The van der Waals surface area contributed by atoms with Crippen LogP contribution in [0.5, 0.6) is 0 Å². The summed E-state index contributed by atoms with van der Waals surface area (Å²) in [5, 5.41) is 8.56. The number of benzene rings is 1. The van der Waals surface area contributed by atoms with Crippen molar-refractivity contribution in [3.8, 4) is 0 Å². The van der Waals surface area contributed by atoms with Crippen LogP contribution in [0.15, 0.2) is 12.1 Å². The fraction of sp³-hybridized carbons (Fsp3) is 0.250. The summed E-state index contributed by atoms with van der Waals surface area (Å²) in [4.78, 5) is 0. The van der Waals surface area contributed by atoms with Crippen molar-refractivity contribution < 1.29 is 18.3 Å². The monoisotopic (exact) mass is 191 g/mol. The second-order valence-corrected chi connectivity index (χ2v) is 2.58. The van der Waals surface area contributed by atoms with Gasteiger partial charge in [0, 0.05) is 11.6 Å². The molecule has 0 unspecified atom stereocenters. The molecule has 0 radical (unpaired) electrons. The Morgan fingerprint density at radius 2 is 1.69 bits per heavy atom. The molecule has 0 aliphatic carbocycles. The van der Waals surface area contributed by atoms with E-state index in [1.807, 2.05) is 0 Å². The van der Waals surface area contributed by atoms with E-state index in [4.69, 9.17) is 10.8 Å². The van der Waals surface area contributed by atoms with E-state index in [9.17, 15) is 13.2 Å². The second-order valence-electron chi connectivity index (χ2n) is 2.58. The highest BCUT2D eigenvalue weighted by molar-refractivity contribution is 5.23. The predicted molar refractivity (Wildman–Crippen MR) is 40.3 cm³/mol. The van der Waals surface area contributed by atoms with E-state index in [1.54, 1.807) is 0 Å². The van der Waals surface area contributed by atoms with E-state index in [-0.39, 0.29) is 5.56 Å². The molecule has 3 N–H and O–H groups in total. The summed E-state index contributed by atoms with van der Waals surface area (Å²) < 4.78 is 37.9. The normalized spacial score (nSPS) is 13.0. The minimum absolute atomic E-state index is 0.235. The first-order valence-electron chi connectivity index (χ1n) is 3.57. The van der Waals surface area contributed by atoms with Crippen LogP contribution in [0, 0.1) is 17.5 Å². The van der Waals surface area contributed by atoms with E-state index < -0.39 is 30.1 Å². The fourth-order valence-electron chi connectivity index (χ4n) is 0.920. The molecule has 0 saturated heterocycles. The van der Waals surface area contributed by atoms with Crippen molar-refractivity contribution >= 4 is 0 Å². The highest BCUT2D eigenvalue weighted by Crippen LogP contribution is 2.18. The number of hydrogen-bond acceptors (Lipinski definition) is 2. The number of aliphatic hydroxyl groups is 1. The van der Waals surface area contributed by atoms with E-state index in [0.717, 1.165) is 0 Å². The van der Waals surface area contributed by atoms with Gasteiger partial charge in [0.25, 0.3) is 0 Å². The van der Waals surface area contributed by atoms with E-state index >= 15 is 0 Å². The lowest BCUT2D eigenvalue weighted by Gasteiger charge is -2.09. The molecule has 0 aliphatic heterocycles. The molecule has 0 aromatic heterocycles. The third-order valence-corrected chi connectivity index (χ3v) is 1.64. The molecule has 13 heavy (non-hydrogen) atoms. The third-order valence-electron chi connectivity index (χ3n) is 1.64. The first-order chi connectivity index (χ1) is 6.06. The molecule has 1 aromatic carbocycles. The van der Waals surface area contributed by atoms with Crippen molar-refractivity contribution in [3.05, 3.63) is 35.1 Å². The van der Waals surface area contributed by atoms with Gasteiger partial charge in [0.15, 0.2) is 11.6 Å². The molecule has 1 aromatic rings. The maximum atomic E-state index is 12.9. The van der Waals surface area contributed by atoms with Crippen molar-refractivity contribution in [2.24, 2.45) is 5.73 Å². The van der Waals surface area contributed by atoms with Gasteiger partial charge in [0.05, 0.1) is 12.6 Å². The number of halogens is 3. The summed E-state index contributed by atoms with van der Waals surface area (Å²) in [5.74, 6) is -3.41. The second kappa shape index (κ2) is 3.76. The molecule has 0 bridgehead atoms. The van der Waals surface area contributed by atoms with Gasteiger partial charge in [0.1, 0.15) is 5.82 Å². The first-order valence-corrected chi connectivity index (χ1v) is 3.57. The van der Waals surface area contributed by atoms with E-state index in [2.05, 4.69) is 0 Å². The molecule has 2 nitrogen and oxygen atoms in total. The molecular weight excluding hydrogens is 183 g/mol. The Kier molecular flexibility index (Phi) is 2.90. The standard InChI is InChI=1S/C8H8F3NO/c9-5-2-7(11)6(10)1-4(5)8(12)3-13/h1-2,8,13H,3,12H2/t8-/m0/s1. The quantitative estimate of drug-likeness (QED) is 0.687. The van der Waals surface area contributed by atoms with E-state index in [1.165, 1.54) is 0 Å². The van der Waals surface area contributed by atoms with Gasteiger partial charge in [-0.1, -0.05) is 0 Å². The fourth-order valence-corrected chi connectivity index (χ4v) is 0.920. The molecule has 1 rings (SSSR count). The minimum Gasteiger partial charge on any atom is -0.394 e. The summed E-state index contributed by atoms with van der Waals surface area (Å²) >= 11 is 0. The van der Waals surface area contributed by atoms with Gasteiger partial charge < -0.3 is 10.8 Å². The van der Waals surface area contributed by atoms with Crippen LogP contribution in [-0.4, -0.2) is 11.7 Å². The lowest BCUT2D eigenvalue weighted by Crippen LogP contribution is -2.16. The average molecular weight is 191 g/mol. The van der Waals surface area contributed by atoms with Crippen molar-refractivity contribution in [1.82, 2.24) is 0 Å². The largest absolute Gasteiger partial charge is 0.394 e. The lowest BCUT2D eigenvalue weighted by atomic mass is 10.1. The molecule has 0 heterocycles. The average Bonchev–Trinajstić information content (AvgIpc) is 2.10. The predicted octanol–water partition coefficient (Wildman–Crippen LogP) is 1.10. The summed E-state index contributed by atoms with van der Waals surface area (Å²) in [6.45, 7) is -0.526. The first kappa shape index (κ1) is 10.0. The molecule has 1 atom stereocenters. The lowest BCUT2D eigenvalue weighted by molar-refractivity contribution is 0.264. The van der Waals surface area contributed by atoms with Crippen molar-refractivity contribution in [1.29, 1.82) is 0 Å². The van der Waals surface area contributed by atoms with Crippen LogP contribution in [0.2, 0.25) is 0 Å². The zero-order valence-corrected chi connectivity index (χ0v) is 6.60. The number of rotatable bonds is 2. The van der Waals surface area contributed by atoms with Crippen LogP contribution in [0.4, 0.5) is 13.2 Å². The molecular formula is C8H8F3NO. The third kappa shape index (κ3) is 1.99. The molecule has 0 amide bonds. The molecule has 0 spiro atoms. The molecule has 0 saturated carbocycles. The topological polar surface area (TPSA) is 46.2 Å². The SMILES string of the molecule is N[C@@H](CO)c1cc(F)c(F)cc1F. The van der Waals surface area contributed by atoms with Crippen LogP contribution in [0.3, 0.4) is 0 Å². The van der Waals surface area contributed by atoms with Gasteiger partial charge in [-0.05, 0) is 6.07 Å². The molecule has 0 aliphatic rings. The van der Waals surface area contributed by atoms with Gasteiger partial charge in [-0.2, -0.15) is 0 Å². The van der Waals surface area contributed by atoms with Crippen LogP contribution >= 0.6 is 0 Å². The zero-order chi connectivity index (χ0) is 10.0. The van der Waals surface area contributed by atoms with Crippen LogP contribution in [0.1, 0.15) is 11.6 Å². The highest BCUT2D eigenvalue weighted by Gasteiger charge is 2.14. The maximum Gasteiger partial charge on any atom is 0.161 e. The Morgan fingerprint density at radius 3 is 2.23 bits per heavy atom. The Morgan fingerprint density at radius 1 is 1.15 bits per heavy atom. The van der Waals surface area contributed by atoms with Crippen LogP contribution < -0.4 is 5.73 Å². The summed E-state index contributed by atoms with van der Waals surface area (Å²) in [7, 11) is 0. The molecule has 0 fully saturated rings. The van der Waals surface area contributed by atoms with Crippen molar-refractivity contribution in [2.45, 2.75) is 6.04 Å². The van der Waals surface area contributed by atoms with Gasteiger partial charge in [-0.15, -0.1) is 0 Å². The van der Waals surface area contributed by atoms with Gasteiger partial charge >= 0.3 is 0 Å². The minimum atomic E-state index is -1.27. The number of aliphatic hydroxyl groups excluding tert-OH is 1. The van der Waals surface area contributed by atoms with E-state index in [0.29, 0.717) is 12.1 Å². The Balaban J connectivity index is 3.15. The summed E-state index contributed by atoms with van der Waals surface area (Å²) in [6.07, 6.45) is 0. The Labute approximate surface area is 72.8 Å². The Hall–Kier alpha value is -1.07. The summed E-state index contributed by atoms with van der Waals surface area (Å²) in [5.41, 5.74) is 5.00. The maximum absolute atomic E-state index is 12.9. The number of hydrogen-bond donors (Lipinski definition) is 2. The van der Waals surface area contributed by atoms with Gasteiger partial charge in [-0.3, -0.25) is 0 Å². The van der Waals surface area contributed by atoms with Gasteiger partial charge in [-0.25, -0.2) is 13.2 Å². The van der Waals surface area contributed by atoms with Crippen LogP contribution in [0.25, 0.3) is 0 Å². The molecule has 72 valence electrons. The Bertz CT molecular complexity index is 317. The highest BCUT2D eigenvalue weighted by atomic mass is 19.2. The summed E-state index contributed by atoms with van der Waals surface area (Å²) in [6, 6.07) is 0.0150.